The predicted molar refractivity (Wildman–Crippen MR) is 51.1 cm³/mol. The van der Waals surface area contributed by atoms with Crippen LogP contribution >= 0.6 is 0 Å². The Bertz CT molecular complexity index is 507. The highest BCUT2D eigenvalue weighted by Crippen LogP contribution is 2.10. The summed E-state index contributed by atoms with van der Waals surface area (Å²) in [7, 11) is 0. The fourth-order valence-electron chi connectivity index (χ4n) is 1.33. The average Bonchev–Trinajstić information content (AvgIpc) is 2.60. The number of carbonyl (C=O) groups is 1. The van der Waals surface area contributed by atoms with Gasteiger partial charge in [0.05, 0.1) is 12.8 Å². The van der Waals surface area contributed by atoms with E-state index in [1.54, 1.807) is 19.1 Å². The van der Waals surface area contributed by atoms with Gasteiger partial charge in [0.25, 0.3) is 0 Å². The molecule has 0 aromatic carbocycles. The Morgan fingerprint density at radius 1 is 1.60 bits per heavy atom. The summed E-state index contributed by atoms with van der Waals surface area (Å²) in [5.41, 5.74) is 0.790. The van der Waals surface area contributed by atoms with Crippen molar-refractivity contribution in [2.24, 2.45) is 0 Å². The van der Waals surface area contributed by atoms with Crippen LogP contribution in [0.4, 0.5) is 4.39 Å². The molecular weight excluding hydrogens is 199 g/mol. The molecule has 2 rings (SSSR count). The van der Waals surface area contributed by atoms with Crippen molar-refractivity contribution in [3.63, 3.8) is 0 Å². The van der Waals surface area contributed by atoms with E-state index in [4.69, 9.17) is 4.74 Å². The van der Waals surface area contributed by atoms with Crippen molar-refractivity contribution in [2.75, 3.05) is 6.61 Å². The van der Waals surface area contributed by atoms with Crippen LogP contribution in [0.15, 0.2) is 24.5 Å². The molecule has 0 radical (unpaired) electrons. The van der Waals surface area contributed by atoms with Crippen molar-refractivity contribution in [2.45, 2.75) is 6.92 Å². The van der Waals surface area contributed by atoms with Crippen LogP contribution in [0.2, 0.25) is 0 Å². The first-order chi connectivity index (χ1) is 7.22. The molecule has 4 nitrogen and oxygen atoms in total. The highest BCUT2D eigenvalue weighted by molar-refractivity contribution is 5.89. The molecular formula is C10H9FN2O2. The van der Waals surface area contributed by atoms with Crippen LogP contribution in [0.1, 0.15) is 17.4 Å². The maximum absolute atomic E-state index is 12.9. The van der Waals surface area contributed by atoms with Crippen molar-refractivity contribution < 1.29 is 13.9 Å². The van der Waals surface area contributed by atoms with E-state index in [2.05, 4.69) is 4.98 Å². The molecule has 0 aliphatic rings. The van der Waals surface area contributed by atoms with E-state index in [1.807, 2.05) is 0 Å². The summed E-state index contributed by atoms with van der Waals surface area (Å²) in [5, 5.41) is 0. The van der Waals surface area contributed by atoms with Crippen molar-refractivity contribution in [3.05, 3.63) is 36.0 Å². The Labute approximate surface area is 85.3 Å². The number of nitrogens with zero attached hydrogens (tertiary/aromatic N) is 2. The number of halogens is 1. The van der Waals surface area contributed by atoms with E-state index in [0.717, 1.165) is 6.20 Å². The second-order valence-corrected chi connectivity index (χ2v) is 2.94. The predicted octanol–water partition coefficient (Wildman–Crippen LogP) is 1.65. The monoisotopic (exact) mass is 208 g/mol. The van der Waals surface area contributed by atoms with Gasteiger partial charge < -0.3 is 4.74 Å². The minimum absolute atomic E-state index is 0.277. The van der Waals surface area contributed by atoms with Gasteiger partial charge in [0.1, 0.15) is 11.3 Å². The number of hydrogen-bond donors (Lipinski definition) is 0. The van der Waals surface area contributed by atoms with Gasteiger partial charge in [-0.2, -0.15) is 0 Å². The second kappa shape index (κ2) is 3.68. The molecule has 0 aliphatic carbocycles. The molecule has 2 aromatic rings. The highest BCUT2D eigenvalue weighted by Gasteiger charge is 2.12. The van der Waals surface area contributed by atoms with E-state index >= 15 is 0 Å². The maximum atomic E-state index is 12.9. The minimum atomic E-state index is -0.496. The number of esters is 1. The summed E-state index contributed by atoms with van der Waals surface area (Å²) >= 11 is 0. The van der Waals surface area contributed by atoms with Crippen LogP contribution in [-0.2, 0) is 4.74 Å². The topological polar surface area (TPSA) is 43.6 Å². The molecule has 0 saturated heterocycles. The molecule has 78 valence electrons. The lowest BCUT2D eigenvalue weighted by atomic mass is 10.4. The first kappa shape index (κ1) is 9.64. The molecule has 0 aliphatic heterocycles. The standard InChI is InChI=1S/C10H9FN2O2/c1-2-15-10(14)8-3-4-9-12-5-7(11)6-13(8)9/h3-6H,2H2,1H3. The minimum Gasteiger partial charge on any atom is -0.461 e. The zero-order valence-corrected chi connectivity index (χ0v) is 8.11. The third kappa shape index (κ3) is 1.68. The molecule has 0 spiro atoms. The maximum Gasteiger partial charge on any atom is 0.355 e. The van der Waals surface area contributed by atoms with Gasteiger partial charge in [0, 0.05) is 6.20 Å². The molecule has 0 unspecified atom stereocenters. The van der Waals surface area contributed by atoms with Gasteiger partial charge in [-0.1, -0.05) is 0 Å². The van der Waals surface area contributed by atoms with E-state index in [9.17, 15) is 9.18 Å². The largest absolute Gasteiger partial charge is 0.461 e. The number of carbonyl (C=O) groups excluding carboxylic acids is 1. The Morgan fingerprint density at radius 2 is 2.40 bits per heavy atom. The quantitative estimate of drug-likeness (QED) is 0.705. The lowest BCUT2D eigenvalue weighted by molar-refractivity contribution is 0.0518. The van der Waals surface area contributed by atoms with Gasteiger partial charge in [-0.05, 0) is 19.1 Å². The summed E-state index contributed by atoms with van der Waals surface area (Å²) in [4.78, 5) is 15.3. The third-order valence-electron chi connectivity index (χ3n) is 1.95. The van der Waals surface area contributed by atoms with Gasteiger partial charge in [-0.25, -0.2) is 14.2 Å². The average molecular weight is 208 g/mol. The number of ether oxygens (including phenoxy) is 1. The van der Waals surface area contributed by atoms with Crippen molar-refractivity contribution in [3.8, 4) is 0 Å². The summed E-state index contributed by atoms with van der Waals surface area (Å²) in [6, 6.07) is 3.19. The fourth-order valence-corrected chi connectivity index (χ4v) is 1.33. The van der Waals surface area contributed by atoms with Gasteiger partial charge in [0.2, 0.25) is 0 Å². The molecule has 2 aromatic heterocycles. The Hall–Kier alpha value is -1.91. The molecule has 5 heteroatoms. The van der Waals surface area contributed by atoms with E-state index in [1.165, 1.54) is 10.6 Å². The van der Waals surface area contributed by atoms with E-state index in [0.29, 0.717) is 5.65 Å². The van der Waals surface area contributed by atoms with Crippen molar-refractivity contribution in [1.29, 1.82) is 0 Å². The van der Waals surface area contributed by atoms with Gasteiger partial charge in [0.15, 0.2) is 5.82 Å². The van der Waals surface area contributed by atoms with E-state index < -0.39 is 11.8 Å². The molecule has 0 N–H and O–H groups in total. The summed E-state index contributed by atoms with van der Waals surface area (Å²) in [6.45, 7) is 2.00. The number of fused-ring (bicyclic) bond motifs is 1. The molecule has 2 heterocycles. The Balaban J connectivity index is 2.52. The van der Waals surface area contributed by atoms with E-state index in [-0.39, 0.29) is 12.3 Å². The second-order valence-electron chi connectivity index (χ2n) is 2.94. The van der Waals surface area contributed by atoms with Crippen LogP contribution in [0.25, 0.3) is 5.65 Å². The first-order valence-electron chi connectivity index (χ1n) is 4.52. The molecule has 0 amide bonds. The van der Waals surface area contributed by atoms with Crippen LogP contribution in [0.3, 0.4) is 0 Å². The first-order valence-corrected chi connectivity index (χ1v) is 4.52. The van der Waals surface area contributed by atoms with Crippen molar-refractivity contribution >= 4 is 11.6 Å². The lowest BCUT2D eigenvalue weighted by Gasteiger charge is -2.01. The molecule has 0 atom stereocenters. The van der Waals surface area contributed by atoms with Gasteiger partial charge in [-0.3, -0.25) is 4.40 Å². The van der Waals surface area contributed by atoms with Crippen LogP contribution in [0, 0.1) is 5.82 Å². The number of aromatic nitrogens is 2. The number of hydrogen-bond acceptors (Lipinski definition) is 3. The summed E-state index contributed by atoms with van der Waals surface area (Å²) < 4.78 is 19.1. The zero-order chi connectivity index (χ0) is 10.8. The zero-order valence-electron chi connectivity index (χ0n) is 8.11. The SMILES string of the molecule is CCOC(=O)c1ccc2ncc(F)cn12. The fraction of sp³-hybridized carbons (Fsp3) is 0.200. The Kier molecular flexibility index (Phi) is 2.37. The molecule has 0 saturated carbocycles. The molecule has 15 heavy (non-hydrogen) atoms. The van der Waals surface area contributed by atoms with Crippen LogP contribution in [0.5, 0.6) is 0 Å². The normalized spacial score (nSPS) is 10.5. The van der Waals surface area contributed by atoms with Gasteiger partial charge in [-0.15, -0.1) is 0 Å². The summed E-state index contributed by atoms with van der Waals surface area (Å²) in [5.74, 6) is -0.978. The highest BCUT2D eigenvalue weighted by atomic mass is 19.1. The smallest absolute Gasteiger partial charge is 0.355 e. The third-order valence-corrected chi connectivity index (χ3v) is 1.95. The molecule has 0 fully saturated rings. The lowest BCUT2D eigenvalue weighted by Crippen LogP contribution is -2.08. The summed E-state index contributed by atoms with van der Waals surface area (Å²) in [6.07, 6.45) is 2.30. The van der Waals surface area contributed by atoms with Crippen LogP contribution in [-0.4, -0.2) is 22.0 Å². The molecule has 0 bridgehead atoms. The Morgan fingerprint density at radius 3 is 3.13 bits per heavy atom. The van der Waals surface area contributed by atoms with Crippen LogP contribution < -0.4 is 0 Å². The number of rotatable bonds is 2. The van der Waals surface area contributed by atoms with Crippen molar-refractivity contribution in [1.82, 2.24) is 9.38 Å². The van der Waals surface area contributed by atoms with Gasteiger partial charge >= 0.3 is 5.97 Å².